The zero-order valence-electron chi connectivity index (χ0n) is 14.3. The number of furan rings is 1. The molecule has 2 heterocycles. The number of piperazine rings is 1. The topological polar surface area (TPSA) is 48.7 Å². The normalized spacial score (nSPS) is 16.6. The molecule has 0 saturated carbocycles. The van der Waals surface area contributed by atoms with Crippen LogP contribution in [0.4, 0.5) is 0 Å². The fourth-order valence-corrected chi connectivity index (χ4v) is 3.24. The summed E-state index contributed by atoms with van der Waals surface area (Å²) in [5, 5.41) is 4.50. The van der Waals surface area contributed by atoms with Gasteiger partial charge in [0.15, 0.2) is 5.76 Å². The second kappa shape index (κ2) is 7.55. The Kier molecular flexibility index (Phi) is 5.43. The van der Waals surface area contributed by atoms with E-state index >= 15 is 0 Å². The number of halogens is 1. The number of carbonyl (C=O) groups excluding carboxylic acids is 1. The maximum atomic E-state index is 12.4. The minimum atomic E-state index is -0.154. The monoisotopic (exact) mass is 349 g/mol. The van der Waals surface area contributed by atoms with Gasteiger partial charge in [-0.25, -0.2) is 0 Å². The van der Waals surface area contributed by atoms with E-state index in [2.05, 4.69) is 22.2 Å². The number of fused-ring (bicyclic) bond motifs is 1. The van der Waals surface area contributed by atoms with E-state index in [1.165, 1.54) is 0 Å². The number of nitrogens with one attached hydrogen (secondary N) is 1. The molecule has 3 rings (SSSR count). The average molecular weight is 350 g/mol. The maximum absolute atomic E-state index is 12.4. The summed E-state index contributed by atoms with van der Waals surface area (Å²) in [6, 6.07) is 5.40. The predicted molar refractivity (Wildman–Crippen MR) is 96.8 cm³/mol. The van der Waals surface area contributed by atoms with Crippen LogP contribution in [-0.4, -0.2) is 62.0 Å². The van der Waals surface area contributed by atoms with Crippen molar-refractivity contribution in [3.8, 4) is 0 Å². The molecular formula is C18H24ClN3O2. The minimum absolute atomic E-state index is 0.154. The number of hydrogen-bond donors (Lipinski definition) is 1. The Morgan fingerprint density at radius 1 is 1.29 bits per heavy atom. The van der Waals surface area contributed by atoms with Gasteiger partial charge in [0.2, 0.25) is 0 Å². The number of carbonyl (C=O) groups is 1. The summed E-state index contributed by atoms with van der Waals surface area (Å²) in [5.74, 6) is 0.227. The third-order valence-corrected chi connectivity index (χ3v) is 4.87. The molecule has 0 unspecified atom stereocenters. The zero-order chi connectivity index (χ0) is 17.1. The highest BCUT2D eigenvalue weighted by atomic mass is 35.5. The standard InChI is InChI=1S/C18H24ClN3O2/c1-13-15-12-14(19)4-5-16(15)24-17(13)18(23)20-6-3-7-22-10-8-21(2)9-11-22/h4-5,12H,3,6-11H2,1-2H3,(H,20,23). The van der Waals surface area contributed by atoms with Crippen LogP contribution in [0.5, 0.6) is 0 Å². The van der Waals surface area contributed by atoms with E-state index in [1.54, 1.807) is 12.1 Å². The van der Waals surface area contributed by atoms with Crippen molar-refractivity contribution >= 4 is 28.5 Å². The van der Waals surface area contributed by atoms with Crippen LogP contribution in [0.1, 0.15) is 22.5 Å². The highest BCUT2D eigenvalue weighted by molar-refractivity contribution is 6.31. The van der Waals surface area contributed by atoms with Crippen LogP contribution >= 0.6 is 11.6 Å². The molecular weight excluding hydrogens is 326 g/mol. The highest BCUT2D eigenvalue weighted by Gasteiger charge is 2.18. The third-order valence-electron chi connectivity index (χ3n) is 4.64. The average Bonchev–Trinajstić information content (AvgIpc) is 2.90. The Morgan fingerprint density at radius 2 is 2.04 bits per heavy atom. The number of benzene rings is 1. The molecule has 0 atom stereocenters. The van der Waals surface area contributed by atoms with Gasteiger partial charge in [-0.3, -0.25) is 4.79 Å². The lowest BCUT2D eigenvalue weighted by atomic mass is 10.1. The molecule has 1 fully saturated rings. The first-order valence-electron chi connectivity index (χ1n) is 8.42. The zero-order valence-corrected chi connectivity index (χ0v) is 15.0. The van der Waals surface area contributed by atoms with Crippen molar-refractivity contribution in [3.05, 3.63) is 34.5 Å². The number of aryl methyl sites for hydroxylation is 1. The Hall–Kier alpha value is -1.56. The molecule has 5 nitrogen and oxygen atoms in total. The predicted octanol–water partition coefficient (Wildman–Crippen LogP) is 2.76. The summed E-state index contributed by atoms with van der Waals surface area (Å²) >= 11 is 6.01. The van der Waals surface area contributed by atoms with Crippen LogP contribution in [0.3, 0.4) is 0 Å². The Morgan fingerprint density at radius 3 is 2.79 bits per heavy atom. The number of rotatable bonds is 5. The van der Waals surface area contributed by atoms with Crippen LogP contribution in [0.15, 0.2) is 22.6 Å². The summed E-state index contributed by atoms with van der Waals surface area (Å²) in [4.78, 5) is 17.1. The Balaban J connectivity index is 1.51. The van der Waals surface area contributed by atoms with Crippen molar-refractivity contribution in [2.24, 2.45) is 0 Å². The van der Waals surface area contributed by atoms with Gasteiger partial charge in [0.1, 0.15) is 5.58 Å². The van der Waals surface area contributed by atoms with E-state index in [0.717, 1.165) is 50.1 Å². The molecule has 1 aliphatic heterocycles. The largest absolute Gasteiger partial charge is 0.451 e. The first-order chi connectivity index (χ1) is 11.5. The molecule has 0 spiro atoms. The molecule has 130 valence electrons. The molecule has 1 N–H and O–H groups in total. The number of likely N-dealkylation sites (N-methyl/N-ethyl adjacent to an activating group) is 1. The van der Waals surface area contributed by atoms with Crippen molar-refractivity contribution in [2.75, 3.05) is 46.3 Å². The smallest absolute Gasteiger partial charge is 0.287 e. The van der Waals surface area contributed by atoms with Crippen LogP contribution in [0.2, 0.25) is 5.02 Å². The van der Waals surface area contributed by atoms with E-state index in [4.69, 9.17) is 16.0 Å². The lowest BCUT2D eigenvalue weighted by molar-refractivity contribution is 0.0923. The molecule has 0 aliphatic carbocycles. The molecule has 1 aliphatic rings. The second-order valence-electron chi connectivity index (χ2n) is 6.45. The highest BCUT2D eigenvalue weighted by Crippen LogP contribution is 2.27. The van der Waals surface area contributed by atoms with Crippen LogP contribution in [0, 0.1) is 6.92 Å². The van der Waals surface area contributed by atoms with Crippen molar-refractivity contribution < 1.29 is 9.21 Å². The lowest BCUT2D eigenvalue weighted by Gasteiger charge is -2.32. The number of nitrogens with zero attached hydrogens (tertiary/aromatic N) is 2. The number of hydrogen-bond acceptors (Lipinski definition) is 4. The molecule has 1 saturated heterocycles. The Bertz CT molecular complexity index is 720. The van der Waals surface area contributed by atoms with Crippen molar-refractivity contribution in [1.29, 1.82) is 0 Å². The summed E-state index contributed by atoms with van der Waals surface area (Å²) in [5.41, 5.74) is 1.53. The van der Waals surface area contributed by atoms with Crippen molar-refractivity contribution in [1.82, 2.24) is 15.1 Å². The summed E-state index contributed by atoms with van der Waals surface area (Å²) < 4.78 is 5.69. The van der Waals surface area contributed by atoms with Gasteiger partial charge in [0.05, 0.1) is 0 Å². The summed E-state index contributed by atoms with van der Waals surface area (Å²) in [6.07, 6.45) is 0.945. The van der Waals surface area contributed by atoms with E-state index < -0.39 is 0 Å². The SMILES string of the molecule is Cc1c(C(=O)NCCCN2CCN(C)CC2)oc2ccc(Cl)cc12. The van der Waals surface area contributed by atoms with Crippen LogP contribution in [-0.2, 0) is 0 Å². The van der Waals surface area contributed by atoms with Crippen molar-refractivity contribution in [3.63, 3.8) is 0 Å². The van der Waals surface area contributed by atoms with E-state index in [1.807, 2.05) is 13.0 Å². The molecule has 2 aromatic rings. The van der Waals surface area contributed by atoms with Gasteiger partial charge in [-0.2, -0.15) is 0 Å². The fraction of sp³-hybridized carbons (Fsp3) is 0.500. The molecule has 0 bridgehead atoms. The quantitative estimate of drug-likeness (QED) is 0.843. The van der Waals surface area contributed by atoms with Gasteiger partial charge in [-0.15, -0.1) is 0 Å². The maximum Gasteiger partial charge on any atom is 0.287 e. The van der Waals surface area contributed by atoms with Gasteiger partial charge in [-0.05, 0) is 45.1 Å². The molecule has 1 amide bonds. The molecule has 24 heavy (non-hydrogen) atoms. The third kappa shape index (κ3) is 3.91. The lowest BCUT2D eigenvalue weighted by Crippen LogP contribution is -2.45. The van der Waals surface area contributed by atoms with Gasteiger partial charge in [0, 0.05) is 48.7 Å². The molecule has 6 heteroatoms. The summed E-state index contributed by atoms with van der Waals surface area (Å²) in [6.45, 7) is 8.01. The van der Waals surface area contributed by atoms with Gasteiger partial charge in [-0.1, -0.05) is 11.6 Å². The van der Waals surface area contributed by atoms with Crippen LogP contribution in [0.25, 0.3) is 11.0 Å². The van der Waals surface area contributed by atoms with Gasteiger partial charge >= 0.3 is 0 Å². The van der Waals surface area contributed by atoms with E-state index in [-0.39, 0.29) is 5.91 Å². The van der Waals surface area contributed by atoms with E-state index in [0.29, 0.717) is 22.9 Å². The molecule has 1 aromatic carbocycles. The minimum Gasteiger partial charge on any atom is -0.451 e. The Labute approximate surface area is 147 Å². The second-order valence-corrected chi connectivity index (χ2v) is 6.89. The first kappa shape index (κ1) is 17.3. The van der Waals surface area contributed by atoms with Crippen molar-refractivity contribution in [2.45, 2.75) is 13.3 Å². The van der Waals surface area contributed by atoms with Gasteiger partial charge in [0.25, 0.3) is 5.91 Å². The molecule has 1 aromatic heterocycles. The first-order valence-corrected chi connectivity index (χ1v) is 8.80. The van der Waals surface area contributed by atoms with Crippen LogP contribution < -0.4 is 5.32 Å². The van der Waals surface area contributed by atoms with Gasteiger partial charge < -0.3 is 19.5 Å². The molecule has 0 radical (unpaired) electrons. The number of amides is 1. The van der Waals surface area contributed by atoms with E-state index in [9.17, 15) is 4.79 Å². The fourth-order valence-electron chi connectivity index (χ4n) is 3.07. The summed E-state index contributed by atoms with van der Waals surface area (Å²) in [7, 11) is 2.15.